The highest BCUT2D eigenvalue weighted by Gasteiger charge is 2.32. The van der Waals surface area contributed by atoms with Gasteiger partial charge in [-0.1, -0.05) is 11.6 Å². The van der Waals surface area contributed by atoms with Gasteiger partial charge in [-0.15, -0.1) is 0 Å². The van der Waals surface area contributed by atoms with Crippen molar-refractivity contribution in [3.8, 4) is 0 Å². The maximum atomic E-state index is 12.4. The molecule has 2 N–H and O–H groups in total. The molecule has 0 aliphatic heterocycles. The first-order valence-electron chi connectivity index (χ1n) is 3.92. The van der Waals surface area contributed by atoms with Crippen LogP contribution in [0, 0.1) is 6.92 Å². The molecule has 14 heavy (non-hydrogen) atoms. The van der Waals surface area contributed by atoms with E-state index in [2.05, 4.69) is 0 Å². The average molecular weight is 224 g/mol. The van der Waals surface area contributed by atoms with E-state index < -0.39 is 11.7 Å². The van der Waals surface area contributed by atoms with Gasteiger partial charge in [0.15, 0.2) is 0 Å². The number of aryl methyl sites for hydroxylation is 1. The van der Waals surface area contributed by atoms with Gasteiger partial charge in [0.2, 0.25) is 0 Å². The molecule has 0 saturated carbocycles. The fourth-order valence-electron chi connectivity index (χ4n) is 1.18. The molecule has 0 unspecified atom stereocenters. The third-order valence-electron chi connectivity index (χ3n) is 1.92. The zero-order valence-corrected chi connectivity index (χ0v) is 8.21. The van der Waals surface area contributed by atoms with Crippen molar-refractivity contribution in [2.45, 2.75) is 19.6 Å². The lowest BCUT2D eigenvalue weighted by atomic mass is 10.0. The first kappa shape index (κ1) is 11.3. The third-order valence-corrected chi connectivity index (χ3v) is 2.27. The number of hydrogen-bond acceptors (Lipinski definition) is 1. The van der Waals surface area contributed by atoms with Crippen LogP contribution in [0.1, 0.15) is 16.7 Å². The van der Waals surface area contributed by atoms with Crippen molar-refractivity contribution in [3.05, 3.63) is 33.8 Å². The van der Waals surface area contributed by atoms with Crippen molar-refractivity contribution < 1.29 is 13.2 Å². The van der Waals surface area contributed by atoms with Crippen molar-refractivity contribution in [3.63, 3.8) is 0 Å². The summed E-state index contributed by atoms with van der Waals surface area (Å²) in [6.07, 6.45) is -4.35. The molecule has 0 aliphatic carbocycles. The Balaban J connectivity index is 3.32. The number of benzene rings is 1. The Morgan fingerprint density at radius 2 is 1.93 bits per heavy atom. The van der Waals surface area contributed by atoms with Gasteiger partial charge in [-0.05, 0) is 30.2 Å². The van der Waals surface area contributed by atoms with E-state index in [-0.39, 0.29) is 17.1 Å². The fraction of sp³-hybridized carbons (Fsp3) is 0.333. The molecule has 0 spiro atoms. The van der Waals surface area contributed by atoms with Gasteiger partial charge >= 0.3 is 6.18 Å². The molecule has 1 rings (SSSR count). The van der Waals surface area contributed by atoms with E-state index in [9.17, 15) is 13.2 Å². The standard InChI is InChI=1S/C9H9ClF3N/c1-5-2-8(10)6(4-14)3-7(5)9(11,12)13/h2-3H,4,14H2,1H3. The molecule has 0 aliphatic rings. The van der Waals surface area contributed by atoms with Crippen molar-refractivity contribution in [1.29, 1.82) is 0 Å². The van der Waals surface area contributed by atoms with E-state index >= 15 is 0 Å². The Hall–Kier alpha value is -0.740. The molecule has 0 heterocycles. The topological polar surface area (TPSA) is 26.0 Å². The highest BCUT2D eigenvalue weighted by atomic mass is 35.5. The van der Waals surface area contributed by atoms with Crippen molar-refractivity contribution in [2.24, 2.45) is 5.73 Å². The minimum Gasteiger partial charge on any atom is -0.326 e. The van der Waals surface area contributed by atoms with E-state index in [0.29, 0.717) is 5.56 Å². The summed E-state index contributed by atoms with van der Waals surface area (Å²) in [5.41, 5.74) is 5.00. The number of halogens is 4. The van der Waals surface area contributed by atoms with Gasteiger partial charge in [-0.3, -0.25) is 0 Å². The molecule has 0 saturated heterocycles. The van der Waals surface area contributed by atoms with Crippen LogP contribution in [-0.2, 0) is 12.7 Å². The molecule has 1 nitrogen and oxygen atoms in total. The Morgan fingerprint density at radius 1 is 1.36 bits per heavy atom. The Morgan fingerprint density at radius 3 is 2.36 bits per heavy atom. The summed E-state index contributed by atoms with van der Waals surface area (Å²) in [6, 6.07) is 2.28. The Kier molecular flexibility index (Phi) is 3.07. The van der Waals surface area contributed by atoms with Crippen LogP contribution in [0.2, 0.25) is 5.02 Å². The second kappa shape index (κ2) is 3.79. The van der Waals surface area contributed by atoms with Gasteiger partial charge in [0.1, 0.15) is 0 Å². The zero-order valence-electron chi connectivity index (χ0n) is 7.45. The Bertz CT molecular complexity index is 347. The summed E-state index contributed by atoms with van der Waals surface area (Å²) in [4.78, 5) is 0. The molecule has 0 bridgehead atoms. The van der Waals surface area contributed by atoms with Gasteiger partial charge in [-0.2, -0.15) is 13.2 Å². The largest absolute Gasteiger partial charge is 0.416 e. The van der Waals surface area contributed by atoms with E-state index in [4.69, 9.17) is 17.3 Å². The lowest BCUT2D eigenvalue weighted by Gasteiger charge is -2.12. The van der Waals surface area contributed by atoms with Crippen LogP contribution in [0.3, 0.4) is 0 Å². The molecule has 78 valence electrons. The number of hydrogen-bond donors (Lipinski definition) is 1. The first-order chi connectivity index (χ1) is 6.36. The second-order valence-corrected chi connectivity index (χ2v) is 3.37. The molecule has 0 fully saturated rings. The van der Waals surface area contributed by atoms with Gasteiger partial charge < -0.3 is 5.73 Å². The molecule has 0 amide bonds. The predicted octanol–water partition coefficient (Wildman–Crippen LogP) is 3.13. The van der Waals surface area contributed by atoms with E-state index in [1.165, 1.54) is 13.0 Å². The van der Waals surface area contributed by atoms with E-state index in [1.807, 2.05) is 0 Å². The van der Waals surface area contributed by atoms with Crippen LogP contribution in [0.5, 0.6) is 0 Å². The van der Waals surface area contributed by atoms with Crippen LogP contribution in [0.15, 0.2) is 12.1 Å². The highest BCUT2D eigenvalue weighted by molar-refractivity contribution is 6.31. The molecular weight excluding hydrogens is 215 g/mol. The third kappa shape index (κ3) is 2.19. The van der Waals surface area contributed by atoms with Crippen molar-refractivity contribution >= 4 is 11.6 Å². The summed E-state index contributed by atoms with van der Waals surface area (Å²) >= 11 is 5.70. The van der Waals surface area contributed by atoms with Gasteiger partial charge in [0.25, 0.3) is 0 Å². The molecule has 1 aromatic rings. The lowest BCUT2D eigenvalue weighted by Crippen LogP contribution is -2.09. The van der Waals surface area contributed by atoms with Crippen LogP contribution in [0.25, 0.3) is 0 Å². The number of rotatable bonds is 1. The van der Waals surface area contributed by atoms with E-state index in [0.717, 1.165) is 6.07 Å². The number of nitrogens with two attached hydrogens (primary N) is 1. The normalized spacial score (nSPS) is 11.9. The molecule has 0 radical (unpaired) electrons. The highest BCUT2D eigenvalue weighted by Crippen LogP contribution is 2.34. The first-order valence-corrected chi connectivity index (χ1v) is 4.30. The van der Waals surface area contributed by atoms with Crippen LogP contribution in [-0.4, -0.2) is 0 Å². The minimum absolute atomic E-state index is 0.00218. The van der Waals surface area contributed by atoms with Crippen molar-refractivity contribution in [2.75, 3.05) is 0 Å². The van der Waals surface area contributed by atoms with Crippen molar-refractivity contribution in [1.82, 2.24) is 0 Å². The maximum absolute atomic E-state index is 12.4. The van der Waals surface area contributed by atoms with Crippen LogP contribution < -0.4 is 5.73 Å². The van der Waals surface area contributed by atoms with Gasteiger partial charge in [0, 0.05) is 11.6 Å². The van der Waals surface area contributed by atoms with E-state index in [1.54, 1.807) is 0 Å². The average Bonchev–Trinajstić information content (AvgIpc) is 2.02. The summed E-state index contributed by atoms with van der Waals surface area (Å²) in [6.45, 7) is 1.37. The summed E-state index contributed by atoms with van der Waals surface area (Å²) in [5.74, 6) is 0. The number of alkyl halides is 3. The molecule has 5 heteroatoms. The Labute approximate surface area is 84.7 Å². The minimum atomic E-state index is -4.35. The van der Waals surface area contributed by atoms with Gasteiger partial charge in [-0.25, -0.2) is 0 Å². The molecule has 1 aromatic carbocycles. The molecular formula is C9H9ClF3N. The smallest absolute Gasteiger partial charge is 0.326 e. The zero-order chi connectivity index (χ0) is 10.9. The SMILES string of the molecule is Cc1cc(Cl)c(CN)cc1C(F)(F)F. The van der Waals surface area contributed by atoms with Gasteiger partial charge in [0.05, 0.1) is 5.56 Å². The predicted molar refractivity (Wildman–Crippen MR) is 49.1 cm³/mol. The summed E-state index contributed by atoms with van der Waals surface area (Å²) in [5, 5.41) is 0.276. The van der Waals surface area contributed by atoms with Crippen LogP contribution >= 0.6 is 11.6 Å². The second-order valence-electron chi connectivity index (χ2n) is 2.96. The summed E-state index contributed by atoms with van der Waals surface area (Å²) in [7, 11) is 0. The quantitative estimate of drug-likeness (QED) is 0.778. The molecule has 0 aromatic heterocycles. The van der Waals surface area contributed by atoms with Crippen LogP contribution in [0.4, 0.5) is 13.2 Å². The monoisotopic (exact) mass is 223 g/mol. The lowest BCUT2D eigenvalue weighted by molar-refractivity contribution is -0.138. The molecule has 0 atom stereocenters. The summed E-state index contributed by atoms with van der Waals surface area (Å²) < 4.78 is 37.2. The fourth-order valence-corrected chi connectivity index (χ4v) is 1.47. The maximum Gasteiger partial charge on any atom is 0.416 e.